The Balaban J connectivity index is 1.56. The number of amides is 2. The molecule has 0 unspecified atom stereocenters. The normalized spacial score (nSPS) is 18.1. The molecule has 1 heterocycles. The molecule has 6 nitrogen and oxygen atoms in total. The number of carbonyl (C=O) groups excluding carboxylic acids is 2. The molecule has 0 bridgehead atoms. The summed E-state index contributed by atoms with van der Waals surface area (Å²) in [6.45, 7) is 3.28. The van der Waals surface area contributed by atoms with Crippen molar-refractivity contribution in [3.05, 3.63) is 54.6 Å². The van der Waals surface area contributed by atoms with Crippen molar-refractivity contribution in [1.82, 2.24) is 4.90 Å². The minimum absolute atomic E-state index is 0.0127. The number of likely N-dealkylation sites (tertiary alicyclic amines) is 1. The van der Waals surface area contributed by atoms with Crippen LogP contribution in [0.2, 0.25) is 0 Å². The van der Waals surface area contributed by atoms with Crippen LogP contribution in [0.3, 0.4) is 0 Å². The molecule has 0 radical (unpaired) electrons. The first kappa shape index (κ1) is 19.9. The maximum Gasteiger partial charge on any atom is 0.241 e. The molecule has 1 aliphatic heterocycles. The summed E-state index contributed by atoms with van der Waals surface area (Å²) in [6.07, 6.45) is 1.73. The third-order valence-corrected chi connectivity index (χ3v) is 5.15. The highest BCUT2D eigenvalue weighted by molar-refractivity contribution is 5.95. The quantitative estimate of drug-likeness (QED) is 0.805. The molecule has 1 fully saturated rings. The smallest absolute Gasteiger partial charge is 0.241 e. The zero-order chi connectivity index (χ0) is 19.9. The number of para-hydroxylation sites is 1. The van der Waals surface area contributed by atoms with Gasteiger partial charge >= 0.3 is 0 Å². The number of hydrogen-bond acceptors (Lipinski definition) is 4. The van der Waals surface area contributed by atoms with Gasteiger partial charge in [-0.05, 0) is 62.7 Å². The fourth-order valence-electron chi connectivity index (χ4n) is 3.42. The van der Waals surface area contributed by atoms with E-state index in [0.29, 0.717) is 6.54 Å². The standard InChI is InChI=1S/C22H27N3O3/c1-16(21(26)23-19-10-12-20(28-2)13-11-19)25-14-6-7-17(15-25)22(27)24-18-8-4-3-5-9-18/h3-5,8-13,16-17H,6-7,14-15H2,1-2H3,(H,23,26)(H,24,27)/t16-,17+/m0/s1. The lowest BCUT2D eigenvalue weighted by Gasteiger charge is -2.35. The molecule has 3 rings (SSSR count). The highest BCUT2D eigenvalue weighted by Gasteiger charge is 2.30. The Bertz CT molecular complexity index is 792. The van der Waals surface area contributed by atoms with E-state index in [1.165, 1.54) is 0 Å². The van der Waals surface area contributed by atoms with E-state index >= 15 is 0 Å². The lowest BCUT2D eigenvalue weighted by molar-refractivity contribution is -0.125. The van der Waals surface area contributed by atoms with Crippen molar-refractivity contribution < 1.29 is 14.3 Å². The number of ether oxygens (including phenoxy) is 1. The van der Waals surface area contributed by atoms with Crippen molar-refractivity contribution >= 4 is 23.2 Å². The Morgan fingerprint density at radius 1 is 1.04 bits per heavy atom. The Labute approximate surface area is 165 Å². The van der Waals surface area contributed by atoms with Crippen molar-refractivity contribution in [2.45, 2.75) is 25.8 Å². The van der Waals surface area contributed by atoms with Gasteiger partial charge in [0.05, 0.1) is 19.1 Å². The fraction of sp³-hybridized carbons (Fsp3) is 0.364. The maximum atomic E-state index is 12.6. The van der Waals surface area contributed by atoms with Crippen LogP contribution in [0.5, 0.6) is 5.75 Å². The molecule has 2 aromatic rings. The number of benzene rings is 2. The summed E-state index contributed by atoms with van der Waals surface area (Å²) < 4.78 is 5.13. The molecule has 0 aliphatic carbocycles. The monoisotopic (exact) mass is 381 g/mol. The summed E-state index contributed by atoms with van der Waals surface area (Å²) >= 11 is 0. The third kappa shape index (κ3) is 5.10. The van der Waals surface area contributed by atoms with Gasteiger partial charge in [-0.3, -0.25) is 14.5 Å². The Kier molecular flexibility index (Phi) is 6.66. The molecule has 0 aromatic heterocycles. The molecule has 148 valence electrons. The number of carbonyl (C=O) groups is 2. The minimum Gasteiger partial charge on any atom is -0.497 e. The molecule has 1 saturated heterocycles. The van der Waals surface area contributed by atoms with E-state index in [2.05, 4.69) is 15.5 Å². The van der Waals surface area contributed by atoms with E-state index in [0.717, 1.165) is 36.5 Å². The van der Waals surface area contributed by atoms with E-state index in [1.807, 2.05) is 61.5 Å². The Hall–Kier alpha value is -2.86. The zero-order valence-electron chi connectivity index (χ0n) is 16.4. The van der Waals surface area contributed by atoms with Crippen LogP contribution in [0.15, 0.2) is 54.6 Å². The average molecular weight is 381 g/mol. The number of methoxy groups -OCH3 is 1. The van der Waals surface area contributed by atoms with Crippen LogP contribution in [0.4, 0.5) is 11.4 Å². The number of rotatable bonds is 6. The van der Waals surface area contributed by atoms with Gasteiger partial charge < -0.3 is 15.4 Å². The molecule has 2 atom stereocenters. The summed E-state index contributed by atoms with van der Waals surface area (Å²) in [5.74, 6) is 0.562. The van der Waals surface area contributed by atoms with Crippen LogP contribution in [0.25, 0.3) is 0 Å². The van der Waals surface area contributed by atoms with E-state index in [-0.39, 0.29) is 23.8 Å². The van der Waals surface area contributed by atoms with E-state index < -0.39 is 0 Å². The first-order valence-electron chi connectivity index (χ1n) is 9.61. The van der Waals surface area contributed by atoms with Crippen LogP contribution in [-0.4, -0.2) is 43.0 Å². The summed E-state index contributed by atoms with van der Waals surface area (Å²) in [7, 11) is 1.61. The second-order valence-electron chi connectivity index (χ2n) is 7.08. The highest BCUT2D eigenvalue weighted by Crippen LogP contribution is 2.22. The molecule has 28 heavy (non-hydrogen) atoms. The van der Waals surface area contributed by atoms with Gasteiger partial charge in [0.15, 0.2) is 0 Å². The summed E-state index contributed by atoms with van der Waals surface area (Å²) in [6, 6.07) is 16.4. The first-order valence-corrected chi connectivity index (χ1v) is 9.61. The first-order chi connectivity index (χ1) is 13.6. The third-order valence-electron chi connectivity index (χ3n) is 5.15. The van der Waals surface area contributed by atoms with Gasteiger partial charge in [0.25, 0.3) is 0 Å². The second kappa shape index (κ2) is 9.37. The molecule has 6 heteroatoms. The van der Waals surface area contributed by atoms with Crippen LogP contribution >= 0.6 is 0 Å². The van der Waals surface area contributed by atoms with Gasteiger partial charge in [0.2, 0.25) is 11.8 Å². The summed E-state index contributed by atoms with van der Waals surface area (Å²) in [5.41, 5.74) is 1.53. The molecular weight excluding hydrogens is 354 g/mol. The van der Waals surface area contributed by atoms with E-state index in [9.17, 15) is 9.59 Å². The predicted molar refractivity (Wildman–Crippen MR) is 110 cm³/mol. The zero-order valence-corrected chi connectivity index (χ0v) is 16.4. The average Bonchev–Trinajstić information content (AvgIpc) is 2.74. The van der Waals surface area contributed by atoms with Crippen molar-refractivity contribution in [1.29, 1.82) is 0 Å². The molecule has 0 spiro atoms. The fourth-order valence-corrected chi connectivity index (χ4v) is 3.42. The molecule has 1 aliphatic rings. The lowest BCUT2D eigenvalue weighted by atomic mass is 9.95. The van der Waals surface area contributed by atoms with Crippen LogP contribution in [0, 0.1) is 5.92 Å². The SMILES string of the molecule is COc1ccc(NC(=O)[C@H](C)N2CCC[C@@H](C(=O)Nc3ccccc3)C2)cc1. The van der Waals surface area contributed by atoms with Gasteiger partial charge in [-0.1, -0.05) is 18.2 Å². The topological polar surface area (TPSA) is 70.7 Å². The largest absolute Gasteiger partial charge is 0.497 e. The number of piperidine rings is 1. The molecule has 2 N–H and O–H groups in total. The minimum atomic E-state index is -0.311. The second-order valence-corrected chi connectivity index (χ2v) is 7.08. The van der Waals surface area contributed by atoms with Gasteiger partial charge in [0, 0.05) is 17.9 Å². The van der Waals surface area contributed by atoms with Gasteiger partial charge in [-0.25, -0.2) is 0 Å². The van der Waals surface area contributed by atoms with Crippen LogP contribution in [0.1, 0.15) is 19.8 Å². The number of nitrogens with one attached hydrogen (secondary N) is 2. The predicted octanol–water partition coefficient (Wildman–Crippen LogP) is 3.37. The van der Waals surface area contributed by atoms with Crippen molar-refractivity contribution in [3.8, 4) is 5.75 Å². The lowest BCUT2D eigenvalue weighted by Crippen LogP contribution is -2.49. The molecule has 2 amide bonds. The number of hydrogen-bond donors (Lipinski definition) is 2. The Morgan fingerprint density at radius 2 is 1.71 bits per heavy atom. The van der Waals surface area contributed by atoms with Crippen molar-refractivity contribution in [2.24, 2.45) is 5.92 Å². The molecule has 2 aromatic carbocycles. The Morgan fingerprint density at radius 3 is 2.39 bits per heavy atom. The van der Waals surface area contributed by atoms with Crippen molar-refractivity contribution in [3.63, 3.8) is 0 Å². The maximum absolute atomic E-state index is 12.6. The van der Waals surface area contributed by atoms with Crippen LogP contribution < -0.4 is 15.4 Å². The molecular formula is C22H27N3O3. The molecule has 0 saturated carbocycles. The number of nitrogens with zero attached hydrogens (tertiary/aromatic N) is 1. The van der Waals surface area contributed by atoms with Crippen molar-refractivity contribution in [2.75, 3.05) is 30.8 Å². The summed E-state index contributed by atoms with van der Waals surface area (Å²) in [4.78, 5) is 27.3. The van der Waals surface area contributed by atoms with Crippen LogP contribution in [-0.2, 0) is 9.59 Å². The van der Waals surface area contributed by atoms with E-state index in [1.54, 1.807) is 7.11 Å². The van der Waals surface area contributed by atoms with Gasteiger partial charge in [0.1, 0.15) is 5.75 Å². The highest BCUT2D eigenvalue weighted by atomic mass is 16.5. The van der Waals surface area contributed by atoms with Gasteiger partial charge in [-0.15, -0.1) is 0 Å². The van der Waals surface area contributed by atoms with E-state index in [4.69, 9.17) is 4.74 Å². The number of anilines is 2. The summed E-state index contributed by atoms with van der Waals surface area (Å²) in [5, 5.41) is 5.91. The van der Waals surface area contributed by atoms with Gasteiger partial charge in [-0.2, -0.15) is 0 Å².